The van der Waals surface area contributed by atoms with Crippen molar-refractivity contribution in [2.75, 3.05) is 5.75 Å². The third-order valence-electron chi connectivity index (χ3n) is 3.38. The van der Waals surface area contributed by atoms with E-state index >= 15 is 0 Å². The minimum Gasteiger partial charge on any atom is -0.351 e. The van der Waals surface area contributed by atoms with Gasteiger partial charge in [0.1, 0.15) is 10.9 Å². The van der Waals surface area contributed by atoms with E-state index in [1.54, 1.807) is 0 Å². The molecule has 0 radical (unpaired) electrons. The molecular weight excluding hydrogens is 294 g/mol. The summed E-state index contributed by atoms with van der Waals surface area (Å²) in [5, 5.41) is 4.93. The summed E-state index contributed by atoms with van der Waals surface area (Å²) in [7, 11) is 0. The number of hydrogen-bond acceptors (Lipinski definition) is 4. The molecule has 1 N–H and O–H groups in total. The molecule has 0 spiro atoms. The predicted octanol–water partition coefficient (Wildman–Crippen LogP) is 3.51. The summed E-state index contributed by atoms with van der Waals surface area (Å²) >= 11 is 1.49. The maximum atomic E-state index is 12.0. The van der Waals surface area contributed by atoms with Crippen LogP contribution >= 0.6 is 11.8 Å². The second-order valence-corrected chi connectivity index (χ2v) is 7.73. The van der Waals surface area contributed by atoms with Gasteiger partial charge in [-0.05, 0) is 39.7 Å². The molecule has 2 aromatic rings. The second kappa shape index (κ2) is 5.88. The molecule has 4 nitrogen and oxygen atoms in total. The average molecular weight is 315 g/mol. The van der Waals surface area contributed by atoms with Crippen LogP contribution in [0.25, 0.3) is 10.9 Å². The van der Waals surface area contributed by atoms with E-state index in [0.717, 1.165) is 21.8 Å². The number of carbonyl (C=O) groups excluding carboxylic acids is 1. The Labute approximate surface area is 135 Å². The molecule has 1 heterocycles. The zero-order valence-corrected chi connectivity index (χ0v) is 14.0. The van der Waals surface area contributed by atoms with E-state index in [0.29, 0.717) is 11.7 Å². The number of amides is 1. The number of fused-ring (bicyclic) bond motifs is 1. The summed E-state index contributed by atoms with van der Waals surface area (Å²) < 4.78 is 0. The number of nitrogens with zero attached hydrogens (tertiary/aromatic N) is 2. The van der Waals surface area contributed by atoms with Gasteiger partial charge >= 0.3 is 0 Å². The molecule has 1 aromatic heterocycles. The summed E-state index contributed by atoms with van der Waals surface area (Å²) in [5.41, 5.74) is 0.767. The molecule has 1 amide bonds. The van der Waals surface area contributed by atoms with Crippen molar-refractivity contribution in [3.63, 3.8) is 0 Å². The Morgan fingerprint density at radius 3 is 2.68 bits per heavy atom. The van der Waals surface area contributed by atoms with E-state index in [4.69, 9.17) is 4.98 Å². The Morgan fingerprint density at radius 1 is 1.27 bits per heavy atom. The molecule has 0 bridgehead atoms. The maximum absolute atomic E-state index is 12.0. The quantitative estimate of drug-likeness (QED) is 0.693. The zero-order chi connectivity index (χ0) is 15.7. The van der Waals surface area contributed by atoms with Gasteiger partial charge in [0.2, 0.25) is 5.91 Å². The summed E-state index contributed by atoms with van der Waals surface area (Å²) in [6.07, 6.45) is 2.35. The first kappa shape index (κ1) is 15.3. The number of aromatic nitrogens is 2. The molecule has 1 aromatic carbocycles. The number of carbonyl (C=O) groups is 1. The highest BCUT2D eigenvalue weighted by molar-refractivity contribution is 8.00. The van der Waals surface area contributed by atoms with Crippen molar-refractivity contribution in [2.24, 2.45) is 0 Å². The van der Waals surface area contributed by atoms with Crippen LogP contribution in [0.1, 0.15) is 45.4 Å². The van der Waals surface area contributed by atoms with Gasteiger partial charge in [-0.2, -0.15) is 0 Å². The van der Waals surface area contributed by atoms with Gasteiger partial charge in [0.05, 0.1) is 11.3 Å². The fourth-order valence-electron chi connectivity index (χ4n) is 2.29. The van der Waals surface area contributed by atoms with Gasteiger partial charge in [0.25, 0.3) is 0 Å². The maximum Gasteiger partial charge on any atom is 0.230 e. The Kier molecular flexibility index (Phi) is 4.08. The summed E-state index contributed by atoms with van der Waals surface area (Å²) in [6.45, 7) is 5.96. The normalized spacial score (nSPS) is 15.0. The number of para-hydroxylation sites is 1. The topological polar surface area (TPSA) is 54.9 Å². The van der Waals surface area contributed by atoms with E-state index in [9.17, 15) is 4.79 Å². The fourth-order valence-corrected chi connectivity index (χ4v) is 3.11. The third-order valence-corrected chi connectivity index (χ3v) is 4.37. The van der Waals surface area contributed by atoms with E-state index in [1.807, 2.05) is 45.0 Å². The van der Waals surface area contributed by atoms with Crippen LogP contribution in [0, 0.1) is 0 Å². The fraction of sp³-hybridized carbons (Fsp3) is 0.471. The molecular formula is C17H21N3OS. The largest absolute Gasteiger partial charge is 0.351 e. The lowest BCUT2D eigenvalue weighted by atomic mass is 10.1. The number of benzene rings is 1. The molecule has 0 aliphatic heterocycles. The van der Waals surface area contributed by atoms with Gasteiger partial charge in [-0.3, -0.25) is 4.79 Å². The van der Waals surface area contributed by atoms with Gasteiger partial charge in [0, 0.05) is 16.8 Å². The molecule has 5 heteroatoms. The number of rotatable bonds is 4. The van der Waals surface area contributed by atoms with Gasteiger partial charge in [-0.15, -0.1) is 0 Å². The molecule has 1 aliphatic carbocycles. The van der Waals surface area contributed by atoms with E-state index < -0.39 is 0 Å². The lowest BCUT2D eigenvalue weighted by Crippen LogP contribution is -2.41. The van der Waals surface area contributed by atoms with Gasteiger partial charge in [0.15, 0.2) is 0 Å². The molecule has 0 unspecified atom stereocenters. The summed E-state index contributed by atoms with van der Waals surface area (Å²) in [5.74, 6) is 1.85. The molecule has 1 fully saturated rings. The van der Waals surface area contributed by atoms with Crippen LogP contribution in [-0.2, 0) is 4.79 Å². The standard InChI is InChI=1S/C17H21N3OS/c1-17(2,3)20-14(21)10-22-16-12-6-4-5-7-13(12)18-15(19-16)11-8-9-11/h4-7,11H,8-10H2,1-3H3,(H,20,21). The highest BCUT2D eigenvalue weighted by atomic mass is 32.2. The lowest BCUT2D eigenvalue weighted by molar-refractivity contribution is -0.119. The monoisotopic (exact) mass is 315 g/mol. The Hall–Kier alpha value is -1.62. The van der Waals surface area contributed by atoms with E-state index in [2.05, 4.69) is 10.3 Å². The van der Waals surface area contributed by atoms with Gasteiger partial charge in [-0.25, -0.2) is 9.97 Å². The van der Waals surface area contributed by atoms with Crippen molar-refractivity contribution in [1.82, 2.24) is 15.3 Å². The van der Waals surface area contributed by atoms with Crippen LogP contribution in [0.2, 0.25) is 0 Å². The van der Waals surface area contributed by atoms with Crippen molar-refractivity contribution in [3.05, 3.63) is 30.1 Å². The molecule has 116 valence electrons. The first-order valence-corrected chi connectivity index (χ1v) is 8.61. The van der Waals surface area contributed by atoms with Gasteiger partial charge < -0.3 is 5.32 Å². The Morgan fingerprint density at radius 2 is 2.00 bits per heavy atom. The number of thioether (sulfide) groups is 1. The van der Waals surface area contributed by atoms with Crippen LogP contribution in [0.5, 0.6) is 0 Å². The summed E-state index contributed by atoms with van der Waals surface area (Å²) in [6, 6.07) is 8.02. The smallest absolute Gasteiger partial charge is 0.230 e. The SMILES string of the molecule is CC(C)(C)NC(=O)CSc1nc(C2CC2)nc2ccccc12. The molecule has 0 saturated heterocycles. The molecule has 3 rings (SSSR count). The summed E-state index contributed by atoms with van der Waals surface area (Å²) in [4.78, 5) is 21.4. The van der Waals surface area contributed by atoms with E-state index in [-0.39, 0.29) is 11.4 Å². The molecule has 1 aliphatic rings. The van der Waals surface area contributed by atoms with Crippen LogP contribution in [0.4, 0.5) is 0 Å². The van der Waals surface area contributed by atoms with Crippen LogP contribution in [0.3, 0.4) is 0 Å². The molecule has 22 heavy (non-hydrogen) atoms. The molecule has 1 saturated carbocycles. The predicted molar refractivity (Wildman–Crippen MR) is 90.1 cm³/mol. The Bertz CT molecular complexity index is 705. The van der Waals surface area contributed by atoms with E-state index in [1.165, 1.54) is 24.6 Å². The van der Waals surface area contributed by atoms with Crippen molar-refractivity contribution in [2.45, 2.75) is 50.1 Å². The molecule has 0 atom stereocenters. The van der Waals surface area contributed by atoms with Crippen molar-refractivity contribution < 1.29 is 4.79 Å². The first-order chi connectivity index (χ1) is 10.4. The van der Waals surface area contributed by atoms with Crippen LogP contribution in [-0.4, -0.2) is 27.2 Å². The number of nitrogens with one attached hydrogen (secondary N) is 1. The highest BCUT2D eigenvalue weighted by Crippen LogP contribution is 2.39. The highest BCUT2D eigenvalue weighted by Gasteiger charge is 2.27. The van der Waals surface area contributed by atoms with Crippen molar-refractivity contribution >= 4 is 28.6 Å². The van der Waals surface area contributed by atoms with Crippen LogP contribution < -0.4 is 5.32 Å². The minimum absolute atomic E-state index is 0.0353. The minimum atomic E-state index is -0.204. The Balaban J connectivity index is 1.81. The third kappa shape index (κ3) is 3.77. The van der Waals surface area contributed by atoms with Crippen molar-refractivity contribution in [1.29, 1.82) is 0 Å². The average Bonchev–Trinajstić information content (AvgIpc) is 3.27. The van der Waals surface area contributed by atoms with Gasteiger partial charge in [-0.1, -0.05) is 30.0 Å². The zero-order valence-electron chi connectivity index (χ0n) is 13.2. The van der Waals surface area contributed by atoms with Crippen molar-refractivity contribution in [3.8, 4) is 0 Å². The first-order valence-electron chi connectivity index (χ1n) is 7.63. The lowest BCUT2D eigenvalue weighted by Gasteiger charge is -2.20. The number of hydrogen-bond donors (Lipinski definition) is 1. The second-order valence-electron chi connectivity index (χ2n) is 6.77. The van der Waals surface area contributed by atoms with Crippen LogP contribution in [0.15, 0.2) is 29.3 Å².